The van der Waals surface area contributed by atoms with Gasteiger partial charge in [0.1, 0.15) is 6.79 Å². The summed E-state index contributed by atoms with van der Waals surface area (Å²) in [4.78, 5) is 14.9. The van der Waals surface area contributed by atoms with Crippen molar-refractivity contribution in [2.75, 3.05) is 34.2 Å². The highest BCUT2D eigenvalue weighted by atomic mass is 28.4. The van der Waals surface area contributed by atoms with Crippen LogP contribution in [-0.4, -0.2) is 65.6 Å². The number of benzene rings is 2. The number of ether oxygens (including phenoxy) is 3. The number of carbonyl (C=O) groups is 1. The first-order valence-corrected chi connectivity index (χ1v) is 16.5. The smallest absolute Gasteiger partial charge is 0.410 e. The summed E-state index contributed by atoms with van der Waals surface area (Å²) in [7, 11) is 0.535. The average molecular weight is 568 g/mol. The minimum absolute atomic E-state index is 0.0152. The van der Waals surface area contributed by atoms with Crippen LogP contribution in [0.3, 0.4) is 0 Å². The molecule has 1 amide bonds. The van der Waals surface area contributed by atoms with Crippen LogP contribution >= 0.6 is 0 Å². The molecule has 1 aliphatic heterocycles. The Labute approximate surface area is 242 Å². The van der Waals surface area contributed by atoms with Crippen molar-refractivity contribution in [2.24, 2.45) is 5.92 Å². The van der Waals surface area contributed by atoms with E-state index in [1.165, 1.54) is 17.5 Å². The molecule has 3 atom stereocenters. The van der Waals surface area contributed by atoms with Crippen LogP contribution in [0.1, 0.15) is 59.8 Å². The lowest BCUT2D eigenvalue weighted by molar-refractivity contribution is -0.0347. The van der Waals surface area contributed by atoms with Crippen LogP contribution in [0.5, 0.6) is 0 Å². The van der Waals surface area contributed by atoms with E-state index in [0.29, 0.717) is 25.9 Å². The Morgan fingerprint density at radius 1 is 0.975 bits per heavy atom. The van der Waals surface area contributed by atoms with Crippen LogP contribution in [0.4, 0.5) is 4.79 Å². The third-order valence-corrected chi connectivity index (χ3v) is 13.1. The molecule has 0 N–H and O–H groups in total. The van der Waals surface area contributed by atoms with Gasteiger partial charge in [0.05, 0.1) is 13.2 Å². The molecule has 0 spiro atoms. The number of amides is 1. The first kappa shape index (κ1) is 32.1. The normalized spacial score (nSPS) is 20.1. The second-order valence-electron chi connectivity index (χ2n) is 11.8. The zero-order valence-electron chi connectivity index (χ0n) is 25.3. The molecule has 0 bridgehead atoms. The zero-order valence-corrected chi connectivity index (χ0v) is 26.3. The number of likely N-dealkylation sites (tertiary alicyclic amines) is 1. The molecule has 1 fully saturated rings. The standard InChI is InChI=1S/C33H49NO5Si/c1-27-22-23-28(34(32(35)37-6)31(27)21-15-24-38-26-36-5)16-13-14-25-39-40(33(2,3)4,29-17-9-7-10-18-29)30-19-11-8-12-20-30/h7-13,16-20,27-28,31H,14-15,21-26H2,1-6H3/b16-13+/t27-,28-,31+/m0/s1. The fourth-order valence-corrected chi connectivity index (χ4v) is 10.7. The Morgan fingerprint density at radius 2 is 1.60 bits per heavy atom. The van der Waals surface area contributed by atoms with Gasteiger partial charge in [-0.2, -0.15) is 0 Å². The summed E-state index contributed by atoms with van der Waals surface area (Å²) in [5.74, 6) is 0.407. The summed E-state index contributed by atoms with van der Waals surface area (Å²) in [5.41, 5.74) is 0. The van der Waals surface area contributed by atoms with Gasteiger partial charge >= 0.3 is 6.09 Å². The summed E-state index contributed by atoms with van der Waals surface area (Å²) in [5, 5.41) is 2.52. The minimum Gasteiger partial charge on any atom is -0.453 e. The Kier molecular flexibility index (Phi) is 12.4. The molecule has 2 aromatic carbocycles. The van der Waals surface area contributed by atoms with Gasteiger partial charge in [-0.05, 0) is 53.4 Å². The van der Waals surface area contributed by atoms with Crippen LogP contribution in [0.2, 0.25) is 5.04 Å². The fourth-order valence-electron chi connectivity index (χ4n) is 6.11. The van der Waals surface area contributed by atoms with Gasteiger partial charge in [-0.15, -0.1) is 0 Å². The Hall–Kier alpha value is -2.45. The van der Waals surface area contributed by atoms with E-state index in [1.54, 1.807) is 7.11 Å². The maximum atomic E-state index is 12.9. The van der Waals surface area contributed by atoms with Crippen molar-refractivity contribution >= 4 is 24.8 Å². The highest BCUT2D eigenvalue weighted by Crippen LogP contribution is 2.37. The van der Waals surface area contributed by atoms with Crippen molar-refractivity contribution in [3.05, 3.63) is 72.8 Å². The second-order valence-corrected chi connectivity index (χ2v) is 16.1. The largest absolute Gasteiger partial charge is 0.453 e. The summed E-state index contributed by atoms with van der Waals surface area (Å²) >= 11 is 0. The van der Waals surface area contributed by atoms with Crippen LogP contribution < -0.4 is 10.4 Å². The van der Waals surface area contributed by atoms with Crippen LogP contribution in [-0.2, 0) is 18.6 Å². The second kappa shape index (κ2) is 15.5. The molecule has 0 unspecified atom stereocenters. The van der Waals surface area contributed by atoms with Gasteiger partial charge in [-0.25, -0.2) is 4.79 Å². The van der Waals surface area contributed by atoms with Crippen molar-refractivity contribution in [2.45, 2.75) is 76.9 Å². The highest BCUT2D eigenvalue weighted by molar-refractivity contribution is 6.99. The lowest BCUT2D eigenvalue weighted by Crippen LogP contribution is -2.66. The summed E-state index contributed by atoms with van der Waals surface area (Å²) in [6, 6.07) is 21.6. The van der Waals surface area contributed by atoms with E-state index in [2.05, 4.69) is 101 Å². The topological polar surface area (TPSA) is 57.2 Å². The van der Waals surface area contributed by atoms with Crippen LogP contribution in [0, 0.1) is 5.92 Å². The van der Waals surface area contributed by atoms with Crippen LogP contribution in [0.25, 0.3) is 0 Å². The number of methoxy groups -OCH3 is 2. The molecular weight excluding hydrogens is 518 g/mol. The van der Waals surface area contributed by atoms with Crippen molar-refractivity contribution in [1.29, 1.82) is 0 Å². The molecule has 40 heavy (non-hydrogen) atoms. The zero-order chi connectivity index (χ0) is 29.0. The quantitative estimate of drug-likeness (QED) is 0.126. The molecule has 220 valence electrons. The summed E-state index contributed by atoms with van der Waals surface area (Å²) < 4.78 is 22.7. The van der Waals surface area contributed by atoms with Gasteiger partial charge in [0.2, 0.25) is 0 Å². The van der Waals surface area contributed by atoms with Gasteiger partial charge in [-0.1, -0.05) is 101 Å². The lowest BCUT2D eigenvalue weighted by atomic mass is 9.84. The lowest BCUT2D eigenvalue weighted by Gasteiger charge is -2.44. The Balaban J connectivity index is 1.73. The van der Waals surface area contributed by atoms with E-state index in [-0.39, 0.29) is 23.2 Å². The Bertz CT molecular complexity index is 1000. The van der Waals surface area contributed by atoms with Crippen molar-refractivity contribution in [3.8, 4) is 0 Å². The summed E-state index contributed by atoms with van der Waals surface area (Å²) in [6.07, 6.45) is 8.65. The molecule has 2 aromatic rings. The van der Waals surface area contributed by atoms with E-state index in [1.807, 2.05) is 4.90 Å². The van der Waals surface area contributed by atoms with Gasteiger partial charge < -0.3 is 18.6 Å². The maximum Gasteiger partial charge on any atom is 0.410 e. The molecule has 0 aliphatic carbocycles. The van der Waals surface area contributed by atoms with Gasteiger partial charge in [0, 0.05) is 26.4 Å². The minimum atomic E-state index is -2.56. The summed E-state index contributed by atoms with van der Waals surface area (Å²) in [6.45, 7) is 10.7. The van der Waals surface area contributed by atoms with Crippen molar-refractivity contribution < 1.29 is 23.4 Å². The molecule has 0 saturated carbocycles. The molecule has 6 nitrogen and oxygen atoms in total. The molecule has 1 heterocycles. The van der Waals surface area contributed by atoms with Crippen molar-refractivity contribution in [1.82, 2.24) is 4.90 Å². The van der Waals surface area contributed by atoms with E-state index in [4.69, 9.17) is 18.6 Å². The number of nitrogens with zero attached hydrogens (tertiary/aromatic N) is 1. The Morgan fingerprint density at radius 3 is 2.15 bits per heavy atom. The number of hydrogen-bond acceptors (Lipinski definition) is 5. The molecule has 7 heteroatoms. The van der Waals surface area contributed by atoms with Gasteiger partial charge in [0.15, 0.2) is 0 Å². The van der Waals surface area contributed by atoms with Crippen molar-refractivity contribution in [3.63, 3.8) is 0 Å². The predicted octanol–water partition coefficient (Wildman–Crippen LogP) is 6.15. The molecule has 0 aromatic heterocycles. The van der Waals surface area contributed by atoms with E-state index in [0.717, 1.165) is 32.1 Å². The molecule has 0 radical (unpaired) electrons. The molecule has 1 saturated heterocycles. The third kappa shape index (κ3) is 7.84. The average Bonchev–Trinajstić information content (AvgIpc) is 2.96. The molecule has 3 rings (SSSR count). The van der Waals surface area contributed by atoms with E-state index >= 15 is 0 Å². The monoisotopic (exact) mass is 567 g/mol. The predicted molar refractivity (Wildman–Crippen MR) is 165 cm³/mol. The van der Waals surface area contributed by atoms with E-state index in [9.17, 15) is 4.79 Å². The molecular formula is C33H49NO5Si. The van der Waals surface area contributed by atoms with Crippen LogP contribution in [0.15, 0.2) is 72.8 Å². The van der Waals surface area contributed by atoms with E-state index < -0.39 is 8.32 Å². The molecule has 1 aliphatic rings. The number of piperidine rings is 1. The van der Waals surface area contributed by atoms with Gasteiger partial charge in [0.25, 0.3) is 8.32 Å². The fraction of sp³-hybridized carbons (Fsp3) is 0.545. The maximum absolute atomic E-state index is 12.9. The first-order chi connectivity index (χ1) is 19.3. The number of hydrogen-bond donors (Lipinski definition) is 0. The highest BCUT2D eigenvalue weighted by Gasteiger charge is 2.50. The van der Waals surface area contributed by atoms with Gasteiger partial charge in [-0.3, -0.25) is 4.90 Å². The first-order valence-electron chi connectivity index (χ1n) is 14.6. The number of rotatable bonds is 13. The SMILES string of the molecule is COCOCCC[C@@H]1[C@@H](C)CC[C@H](/C=C/CCO[Si](c2ccccc2)(c2ccccc2)C(C)(C)C)N1C(=O)OC. The third-order valence-electron chi connectivity index (χ3n) is 8.04. The number of carbonyl (C=O) groups excluding carboxylic acids is 1.